The lowest BCUT2D eigenvalue weighted by Crippen LogP contribution is -2.43. The van der Waals surface area contributed by atoms with Gasteiger partial charge in [-0.05, 0) is 56.6 Å². The van der Waals surface area contributed by atoms with Crippen LogP contribution in [-0.2, 0) is 20.5 Å². The standard InChI is InChI=1S/C23H34BNO7/c1-21(2,3)12-25(20(26)27)11-17-18-14(8-9-28-17)15(10-16-19(18)30-13-29-16)24-31-22(4,5)23(6,7)32-24/h10,17H,8-9,11-13H2,1-7H3,(H,26,27). The number of carbonyl (C=O) groups is 1. The zero-order chi connectivity index (χ0) is 23.5. The van der Waals surface area contributed by atoms with E-state index in [2.05, 4.69) is 0 Å². The molecule has 176 valence electrons. The molecule has 0 saturated carbocycles. The molecular weight excluding hydrogens is 413 g/mol. The minimum Gasteiger partial charge on any atom is -0.465 e. The summed E-state index contributed by atoms with van der Waals surface area (Å²) in [6.07, 6.45) is -0.768. The zero-order valence-electron chi connectivity index (χ0n) is 20.1. The van der Waals surface area contributed by atoms with E-state index in [1.165, 1.54) is 4.90 Å². The topological polar surface area (TPSA) is 86.7 Å². The Morgan fingerprint density at radius 3 is 2.44 bits per heavy atom. The van der Waals surface area contributed by atoms with Crippen LogP contribution in [0.1, 0.15) is 65.7 Å². The van der Waals surface area contributed by atoms with Crippen molar-refractivity contribution in [3.8, 4) is 11.5 Å². The predicted molar refractivity (Wildman–Crippen MR) is 120 cm³/mol. The van der Waals surface area contributed by atoms with E-state index in [1.807, 2.05) is 54.5 Å². The van der Waals surface area contributed by atoms with E-state index in [1.54, 1.807) is 0 Å². The summed E-state index contributed by atoms with van der Waals surface area (Å²) in [4.78, 5) is 13.4. The molecule has 32 heavy (non-hydrogen) atoms. The minimum atomic E-state index is -0.966. The molecule has 1 N–H and O–H groups in total. The fraction of sp³-hybridized carbons (Fsp3) is 0.696. The van der Waals surface area contributed by atoms with Crippen LogP contribution >= 0.6 is 0 Å². The molecule has 0 aromatic heterocycles. The number of benzene rings is 1. The second kappa shape index (κ2) is 7.82. The Kier molecular flexibility index (Phi) is 5.67. The van der Waals surface area contributed by atoms with Crippen LogP contribution in [0, 0.1) is 5.41 Å². The van der Waals surface area contributed by atoms with Gasteiger partial charge < -0.3 is 33.5 Å². The molecule has 3 aliphatic rings. The summed E-state index contributed by atoms with van der Waals surface area (Å²) in [6.45, 7) is 15.3. The maximum atomic E-state index is 12.0. The number of rotatable bonds is 4. The van der Waals surface area contributed by atoms with E-state index < -0.39 is 30.5 Å². The van der Waals surface area contributed by atoms with Gasteiger partial charge in [0.25, 0.3) is 0 Å². The van der Waals surface area contributed by atoms with E-state index in [-0.39, 0.29) is 18.8 Å². The molecule has 0 radical (unpaired) electrons. The molecule has 0 spiro atoms. The van der Waals surface area contributed by atoms with Crippen LogP contribution in [0.3, 0.4) is 0 Å². The Bertz CT molecular complexity index is 893. The Morgan fingerprint density at radius 1 is 1.19 bits per heavy atom. The lowest BCUT2D eigenvalue weighted by molar-refractivity contribution is 0.00578. The van der Waals surface area contributed by atoms with Gasteiger partial charge in [0.15, 0.2) is 11.5 Å². The Hall–Kier alpha value is -1.97. The lowest BCUT2D eigenvalue weighted by Gasteiger charge is -2.34. The fourth-order valence-electron chi connectivity index (χ4n) is 4.44. The lowest BCUT2D eigenvalue weighted by atomic mass is 9.72. The molecule has 1 aromatic carbocycles. The molecule has 1 saturated heterocycles. The number of ether oxygens (including phenoxy) is 3. The van der Waals surface area contributed by atoms with Crippen LogP contribution < -0.4 is 14.9 Å². The maximum absolute atomic E-state index is 12.0. The second-order valence-electron chi connectivity index (χ2n) is 11.0. The van der Waals surface area contributed by atoms with Crippen LogP contribution in [-0.4, -0.2) is 60.9 Å². The molecule has 1 unspecified atom stereocenters. The van der Waals surface area contributed by atoms with Crippen LogP contribution in [0.5, 0.6) is 11.5 Å². The van der Waals surface area contributed by atoms with Gasteiger partial charge in [-0.2, -0.15) is 0 Å². The number of fused-ring (bicyclic) bond motifs is 3. The van der Waals surface area contributed by atoms with Crippen LogP contribution in [0.15, 0.2) is 6.07 Å². The summed E-state index contributed by atoms with van der Waals surface area (Å²) in [5, 5.41) is 9.83. The van der Waals surface area contributed by atoms with Gasteiger partial charge in [0.05, 0.1) is 24.4 Å². The molecule has 1 fully saturated rings. The minimum absolute atomic E-state index is 0.117. The average molecular weight is 447 g/mol. The highest BCUT2D eigenvalue weighted by Gasteiger charge is 2.53. The highest BCUT2D eigenvalue weighted by molar-refractivity contribution is 6.62. The van der Waals surface area contributed by atoms with Crippen molar-refractivity contribution in [2.45, 2.75) is 72.2 Å². The first-order chi connectivity index (χ1) is 14.8. The molecule has 8 nitrogen and oxygen atoms in total. The van der Waals surface area contributed by atoms with Crippen LogP contribution in [0.2, 0.25) is 0 Å². The van der Waals surface area contributed by atoms with E-state index in [9.17, 15) is 9.90 Å². The molecule has 4 rings (SSSR count). The van der Waals surface area contributed by atoms with Crippen molar-refractivity contribution >= 4 is 18.7 Å². The van der Waals surface area contributed by atoms with Gasteiger partial charge in [0, 0.05) is 12.1 Å². The molecule has 3 heterocycles. The maximum Gasteiger partial charge on any atom is 0.495 e. The fourth-order valence-corrected chi connectivity index (χ4v) is 4.44. The molecule has 1 amide bonds. The third kappa shape index (κ3) is 4.18. The van der Waals surface area contributed by atoms with E-state index in [4.69, 9.17) is 23.5 Å². The summed E-state index contributed by atoms with van der Waals surface area (Å²) >= 11 is 0. The second-order valence-corrected chi connectivity index (χ2v) is 11.0. The van der Waals surface area contributed by atoms with E-state index in [0.717, 1.165) is 16.6 Å². The summed E-state index contributed by atoms with van der Waals surface area (Å²) in [6, 6.07) is 1.94. The average Bonchev–Trinajstić information content (AvgIpc) is 3.20. The van der Waals surface area contributed by atoms with Crippen molar-refractivity contribution in [1.82, 2.24) is 4.90 Å². The predicted octanol–water partition coefficient (Wildman–Crippen LogP) is 3.35. The molecule has 0 aliphatic carbocycles. The first kappa shape index (κ1) is 23.2. The van der Waals surface area contributed by atoms with Crippen molar-refractivity contribution in [2.24, 2.45) is 5.41 Å². The third-order valence-corrected chi connectivity index (χ3v) is 6.67. The first-order valence-electron chi connectivity index (χ1n) is 11.2. The van der Waals surface area contributed by atoms with Crippen LogP contribution in [0.25, 0.3) is 0 Å². The van der Waals surface area contributed by atoms with E-state index in [0.29, 0.717) is 31.1 Å². The molecule has 0 bridgehead atoms. The quantitative estimate of drug-likeness (QED) is 0.709. The van der Waals surface area contributed by atoms with Crippen molar-refractivity contribution < 1.29 is 33.4 Å². The Balaban J connectivity index is 1.74. The highest BCUT2D eigenvalue weighted by Crippen LogP contribution is 2.45. The molecule has 3 aliphatic heterocycles. The van der Waals surface area contributed by atoms with Crippen molar-refractivity contribution in [1.29, 1.82) is 0 Å². The zero-order valence-corrected chi connectivity index (χ0v) is 20.1. The Morgan fingerprint density at radius 2 is 1.84 bits per heavy atom. The van der Waals surface area contributed by atoms with Gasteiger partial charge >= 0.3 is 13.2 Å². The normalized spacial score (nSPS) is 23.2. The van der Waals surface area contributed by atoms with Gasteiger partial charge in [-0.15, -0.1) is 0 Å². The van der Waals surface area contributed by atoms with Crippen LogP contribution in [0.4, 0.5) is 4.79 Å². The number of hydrogen-bond acceptors (Lipinski definition) is 6. The Labute approximate surface area is 190 Å². The molecule has 1 atom stereocenters. The molecular formula is C23H34BNO7. The molecule has 9 heteroatoms. The number of nitrogens with zero attached hydrogens (tertiary/aromatic N) is 1. The van der Waals surface area contributed by atoms with Gasteiger partial charge in [0.2, 0.25) is 6.79 Å². The summed E-state index contributed by atoms with van der Waals surface area (Å²) in [7, 11) is -0.549. The smallest absolute Gasteiger partial charge is 0.465 e. The number of hydrogen-bond donors (Lipinski definition) is 1. The highest BCUT2D eigenvalue weighted by atomic mass is 16.7. The number of amides is 1. The summed E-state index contributed by atoms with van der Waals surface area (Å²) < 4.78 is 30.3. The SMILES string of the molecule is CC(C)(C)CN(CC1OCCc2c(B3OC(C)(C)C(C)(C)O3)cc3c(c21)OCO3)C(=O)O. The van der Waals surface area contributed by atoms with Gasteiger partial charge in [-0.25, -0.2) is 4.79 Å². The summed E-state index contributed by atoms with van der Waals surface area (Å²) in [5.74, 6) is 1.24. The summed E-state index contributed by atoms with van der Waals surface area (Å²) in [5.41, 5.74) is 1.65. The van der Waals surface area contributed by atoms with Gasteiger partial charge in [-0.1, -0.05) is 20.8 Å². The van der Waals surface area contributed by atoms with Gasteiger partial charge in [-0.3, -0.25) is 0 Å². The van der Waals surface area contributed by atoms with Crippen molar-refractivity contribution in [2.75, 3.05) is 26.5 Å². The van der Waals surface area contributed by atoms with Crippen molar-refractivity contribution in [3.63, 3.8) is 0 Å². The van der Waals surface area contributed by atoms with E-state index >= 15 is 0 Å². The third-order valence-electron chi connectivity index (χ3n) is 6.67. The first-order valence-corrected chi connectivity index (χ1v) is 11.2. The largest absolute Gasteiger partial charge is 0.495 e. The number of carboxylic acid groups (broad SMARTS) is 1. The monoisotopic (exact) mass is 447 g/mol. The molecule has 1 aromatic rings. The van der Waals surface area contributed by atoms with Crippen molar-refractivity contribution in [3.05, 3.63) is 17.2 Å². The van der Waals surface area contributed by atoms with Gasteiger partial charge in [0.1, 0.15) is 6.10 Å².